The molecule has 4 rings (SSSR count). The summed E-state index contributed by atoms with van der Waals surface area (Å²) in [5, 5.41) is 16.3. The number of nitrogens with zero attached hydrogens (tertiary/aromatic N) is 5. The van der Waals surface area contributed by atoms with Gasteiger partial charge in [0, 0.05) is 19.8 Å². The Balaban J connectivity index is 1.78. The Hall–Kier alpha value is -3.18. The molecule has 144 valence electrons. The van der Waals surface area contributed by atoms with E-state index in [0.29, 0.717) is 23.0 Å². The highest BCUT2D eigenvalue weighted by atomic mass is 15.1. The Morgan fingerprint density at radius 2 is 2.21 bits per heavy atom. The number of hydrogen-bond donors (Lipinski definition) is 3. The molecule has 0 radical (unpaired) electrons. The number of rotatable bonds is 4. The van der Waals surface area contributed by atoms with Crippen LogP contribution in [0.25, 0.3) is 11.0 Å². The van der Waals surface area contributed by atoms with E-state index in [2.05, 4.69) is 37.3 Å². The molecule has 8 heteroatoms. The lowest BCUT2D eigenvalue weighted by Crippen LogP contribution is -2.17. The Labute approximate surface area is 163 Å². The van der Waals surface area contributed by atoms with Crippen LogP contribution in [0.1, 0.15) is 47.8 Å². The predicted octanol–water partition coefficient (Wildman–Crippen LogP) is 2.38. The first kappa shape index (κ1) is 18.2. The van der Waals surface area contributed by atoms with Crippen LogP contribution in [0.3, 0.4) is 0 Å². The van der Waals surface area contributed by atoms with E-state index in [-0.39, 0.29) is 12.0 Å². The van der Waals surface area contributed by atoms with Crippen LogP contribution in [0.4, 0.5) is 11.8 Å². The minimum absolute atomic E-state index is 0.138. The largest absolute Gasteiger partial charge is 0.368 e. The maximum atomic E-state index is 9.51. The summed E-state index contributed by atoms with van der Waals surface area (Å²) in [4.78, 5) is 13.3. The van der Waals surface area contributed by atoms with E-state index in [1.807, 2.05) is 26.2 Å². The molecule has 0 aromatic carbocycles. The molecule has 4 heterocycles. The summed E-state index contributed by atoms with van der Waals surface area (Å²) in [6, 6.07) is 6.31. The van der Waals surface area contributed by atoms with Gasteiger partial charge in [0.05, 0.1) is 28.5 Å². The molecule has 4 N–H and O–H groups in total. The number of nitrogens with one attached hydrogen (secondary N) is 2. The first-order chi connectivity index (χ1) is 13.5. The van der Waals surface area contributed by atoms with Crippen molar-refractivity contribution in [1.82, 2.24) is 24.8 Å². The van der Waals surface area contributed by atoms with Gasteiger partial charge in [-0.2, -0.15) is 10.2 Å². The van der Waals surface area contributed by atoms with E-state index >= 15 is 0 Å². The van der Waals surface area contributed by atoms with Crippen molar-refractivity contribution in [3.8, 4) is 6.07 Å². The van der Waals surface area contributed by atoms with Crippen LogP contribution in [0.5, 0.6) is 0 Å². The van der Waals surface area contributed by atoms with E-state index in [1.54, 1.807) is 6.92 Å². The van der Waals surface area contributed by atoms with Crippen molar-refractivity contribution in [2.24, 2.45) is 7.05 Å². The molecule has 0 saturated carbocycles. The SMILES string of the molecule is Cc1nc(N)nc(N[C@@H](C)c2nc3ccn(C)c3cc2[C@@H]2CCNC2)c1C#N. The molecule has 1 fully saturated rings. The number of pyridine rings is 1. The normalized spacial score (nSPS) is 17.6. The third kappa shape index (κ3) is 3.14. The molecule has 1 aliphatic heterocycles. The Kier molecular flexibility index (Phi) is 4.61. The van der Waals surface area contributed by atoms with Gasteiger partial charge >= 0.3 is 0 Å². The fourth-order valence-corrected chi connectivity index (χ4v) is 3.91. The lowest BCUT2D eigenvalue weighted by molar-refractivity contribution is 0.719. The predicted molar refractivity (Wildman–Crippen MR) is 109 cm³/mol. The maximum Gasteiger partial charge on any atom is 0.222 e. The minimum atomic E-state index is -0.138. The molecule has 0 amide bonds. The van der Waals surface area contributed by atoms with Gasteiger partial charge in [0.25, 0.3) is 0 Å². The summed E-state index contributed by atoms with van der Waals surface area (Å²) in [6.45, 7) is 5.76. The van der Waals surface area contributed by atoms with E-state index in [1.165, 1.54) is 5.56 Å². The number of anilines is 2. The van der Waals surface area contributed by atoms with Crippen LogP contribution in [0.2, 0.25) is 0 Å². The van der Waals surface area contributed by atoms with Gasteiger partial charge in [-0.25, -0.2) is 9.97 Å². The summed E-state index contributed by atoms with van der Waals surface area (Å²) < 4.78 is 2.10. The van der Waals surface area contributed by atoms with Crippen molar-refractivity contribution in [2.75, 3.05) is 24.1 Å². The number of nitrogen functional groups attached to an aromatic ring is 1. The van der Waals surface area contributed by atoms with Crippen molar-refractivity contribution in [1.29, 1.82) is 5.26 Å². The molecular formula is C20H24N8. The second kappa shape index (κ2) is 7.09. The number of aromatic nitrogens is 4. The van der Waals surface area contributed by atoms with Crippen molar-refractivity contribution < 1.29 is 0 Å². The lowest BCUT2D eigenvalue weighted by atomic mass is 9.93. The van der Waals surface area contributed by atoms with Crippen molar-refractivity contribution in [2.45, 2.75) is 32.2 Å². The smallest absolute Gasteiger partial charge is 0.222 e. The molecule has 1 aliphatic rings. The summed E-state index contributed by atoms with van der Waals surface area (Å²) in [5.74, 6) is 1.02. The van der Waals surface area contributed by atoms with Crippen molar-refractivity contribution >= 4 is 22.8 Å². The highest BCUT2D eigenvalue weighted by Crippen LogP contribution is 2.33. The van der Waals surface area contributed by atoms with Crippen molar-refractivity contribution in [3.63, 3.8) is 0 Å². The van der Waals surface area contributed by atoms with Gasteiger partial charge in [0.15, 0.2) is 0 Å². The standard InChI is InChI=1S/C20H24N8/c1-11-15(9-21)19(27-20(22)25-11)24-12(2)18-14(13-4-6-23-10-13)8-17-16(26-18)5-7-28(17)3/h5,7-8,12-13,23H,4,6,10H2,1-3H3,(H3,22,24,25,27)/t12-,13+/m0/s1. The molecule has 2 atom stereocenters. The van der Waals surface area contributed by atoms with Gasteiger partial charge < -0.3 is 20.9 Å². The van der Waals surface area contributed by atoms with Crippen molar-refractivity contribution in [3.05, 3.63) is 40.8 Å². The molecule has 8 nitrogen and oxygen atoms in total. The highest BCUT2D eigenvalue weighted by Gasteiger charge is 2.25. The first-order valence-corrected chi connectivity index (χ1v) is 9.45. The number of aryl methyl sites for hydroxylation is 2. The Bertz CT molecular complexity index is 1070. The zero-order chi connectivity index (χ0) is 19.8. The third-order valence-electron chi connectivity index (χ3n) is 5.41. The molecule has 0 bridgehead atoms. The molecule has 0 spiro atoms. The Morgan fingerprint density at radius 1 is 1.39 bits per heavy atom. The van der Waals surface area contributed by atoms with Crippen LogP contribution in [0, 0.1) is 18.3 Å². The van der Waals surface area contributed by atoms with Crippen LogP contribution >= 0.6 is 0 Å². The van der Waals surface area contributed by atoms with E-state index in [4.69, 9.17) is 10.7 Å². The fraction of sp³-hybridized carbons (Fsp3) is 0.400. The zero-order valence-electron chi connectivity index (χ0n) is 16.3. The average Bonchev–Trinajstić information content (AvgIpc) is 3.30. The molecule has 3 aromatic heterocycles. The maximum absolute atomic E-state index is 9.51. The average molecular weight is 376 g/mol. The topological polar surface area (TPSA) is 117 Å². The fourth-order valence-electron chi connectivity index (χ4n) is 3.91. The molecule has 28 heavy (non-hydrogen) atoms. The number of nitriles is 1. The van der Waals surface area contributed by atoms with Gasteiger partial charge in [-0.15, -0.1) is 0 Å². The monoisotopic (exact) mass is 376 g/mol. The zero-order valence-corrected chi connectivity index (χ0v) is 16.3. The molecule has 0 aliphatic carbocycles. The molecular weight excluding hydrogens is 352 g/mol. The van der Waals surface area contributed by atoms with E-state index < -0.39 is 0 Å². The Morgan fingerprint density at radius 3 is 2.93 bits per heavy atom. The first-order valence-electron chi connectivity index (χ1n) is 9.45. The summed E-state index contributed by atoms with van der Waals surface area (Å²) in [7, 11) is 2.04. The van der Waals surface area contributed by atoms with E-state index in [0.717, 1.165) is 36.2 Å². The van der Waals surface area contributed by atoms with Gasteiger partial charge in [0.1, 0.15) is 17.5 Å². The summed E-state index contributed by atoms with van der Waals surface area (Å²) in [5.41, 5.74) is 11.1. The summed E-state index contributed by atoms with van der Waals surface area (Å²) in [6.07, 6.45) is 3.11. The number of nitrogens with two attached hydrogens (primary N) is 1. The summed E-state index contributed by atoms with van der Waals surface area (Å²) >= 11 is 0. The van der Waals surface area contributed by atoms with Crippen LogP contribution in [-0.4, -0.2) is 32.6 Å². The number of hydrogen-bond acceptors (Lipinski definition) is 7. The highest BCUT2D eigenvalue weighted by molar-refractivity contribution is 5.77. The van der Waals surface area contributed by atoms with E-state index in [9.17, 15) is 5.26 Å². The third-order valence-corrected chi connectivity index (χ3v) is 5.41. The molecule has 3 aromatic rings. The molecule has 0 unspecified atom stereocenters. The van der Waals surface area contributed by atoms with Crippen LogP contribution in [0.15, 0.2) is 18.3 Å². The van der Waals surface area contributed by atoms with Crippen LogP contribution in [-0.2, 0) is 7.05 Å². The van der Waals surface area contributed by atoms with Gasteiger partial charge in [0.2, 0.25) is 5.95 Å². The second-order valence-electron chi connectivity index (χ2n) is 7.35. The number of fused-ring (bicyclic) bond motifs is 1. The second-order valence-corrected chi connectivity index (χ2v) is 7.35. The quantitative estimate of drug-likeness (QED) is 0.640. The van der Waals surface area contributed by atoms with Gasteiger partial charge in [-0.05, 0) is 50.4 Å². The van der Waals surface area contributed by atoms with Gasteiger partial charge in [-0.1, -0.05) is 0 Å². The molecule has 1 saturated heterocycles. The minimum Gasteiger partial charge on any atom is -0.368 e. The van der Waals surface area contributed by atoms with Gasteiger partial charge in [-0.3, -0.25) is 0 Å². The van der Waals surface area contributed by atoms with Crippen LogP contribution < -0.4 is 16.4 Å². The lowest BCUT2D eigenvalue weighted by Gasteiger charge is -2.22.